The molecule has 172 valence electrons. The molecule has 1 saturated heterocycles. The van der Waals surface area contributed by atoms with Crippen LogP contribution in [0.1, 0.15) is 13.8 Å². The minimum absolute atomic E-state index is 0.0272. The first-order chi connectivity index (χ1) is 16.0. The topological polar surface area (TPSA) is 67.8 Å². The first-order valence-corrected chi connectivity index (χ1v) is 11.4. The van der Waals surface area contributed by atoms with Crippen molar-refractivity contribution in [1.29, 1.82) is 0 Å². The van der Waals surface area contributed by atoms with Gasteiger partial charge in [0.25, 0.3) is 5.91 Å². The number of amides is 1. The fraction of sp³-hybridized carbons (Fsp3) is 0.320. The number of nitrogens with zero attached hydrogens (tertiary/aromatic N) is 4. The van der Waals surface area contributed by atoms with E-state index in [4.69, 9.17) is 21.1 Å². The van der Waals surface area contributed by atoms with Crippen molar-refractivity contribution in [3.05, 3.63) is 65.7 Å². The van der Waals surface area contributed by atoms with E-state index < -0.39 is 6.10 Å². The summed E-state index contributed by atoms with van der Waals surface area (Å²) in [6.45, 7) is 6.87. The highest BCUT2D eigenvalue weighted by atomic mass is 35.5. The molecule has 8 heteroatoms. The van der Waals surface area contributed by atoms with Gasteiger partial charge in [-0.1, -0.05) is 29.8 Å². The van der Waals surface area contributed by atoms with Crippen molar-refractivity contribution in [2.75, 3.05) is 37.7 Å². The maximum Gasteiger partial charge on any atom is 0.263 e. The van der Waals surface area contributed by atoms with Gasteiger partial charge in [-0.15, -0.1) is 10.2 Å². The molecular weight excluding hydrogens is 440 g/mol. The smallest absolute Gasteiger partial charge is 0.263 e. The molecule has 1 aromatic heterocycles. The van der Waals surface area contributed by atoms with Crippen molar-refractivity contribution in [3.63, 3.8) is 0 Å². The number of aromatic nitrogens is 2. The molecule has 2 heterocycles. The Balaban J connectivity index is 1.31. The van der Waals surface area contributed by atoms with Crippen LogP contribution < -0.4 is 14.4 Å². The highest BCUT2D eigenvalue weighted by Gasteiger charge is 2.26. The molecule has 7 nitrogen and oxygen atoms in total. The van der Waals surface area contributed by atoms with Gasteiger partial charge in [0.1, 0.15) is 11.5 Å². The Morgan fingerprint density at radius 1 is 1.00 bits per heavy atom. The maximum absolute atomic E-state index is 12.9. The van der Waals surface area contributed by atoms with Crippen molar-refractivity contribution in [2.24, 2.45) is 0 Å². The molecule has 1 unspecified atom stereocenters. The number of hydrogen-bond donors (Lipinski definition) is 0. The second-order valence-electron chi connectivity index (χ2n) is 7.76. The fourth-order valence-corrected chi connectivity index (χ4v) is 3.87. The Labute approximate surface area is 198 Å². The van der Waals surface area contributed by atoms with Gasteiger partial charge in [-0.3, -0.25) is 4.79 Å². The van der Waals surface area contributed by atoms with Crippen LogP contribution in [0.25, 0.3) is 11.3 Å². The van der Waals surface area contributed by atoms with Gasteiger partial charge in [0.2, 0.25) is 0 Å². The van der Waals surface area contributed by atoms with Crippen molar-refractivity contribution in [1.82, 2.24) is 15.1 Å². The van der Waals surface area contributed by atoms with Crippen LogP contribution in [0.4, 0.5) is 5.82 Å². The molecule has 0 N–H and O–H groups in total. The van der Waals surface area contributed by atoms with E-state index in [1.54, 1.807) is 13.0 Å². The summed E-state index contributed by atoms with van der Waals surface area (Å²) >= 11 is 5.95. The fourth-order valence-electron chi connectivity index (χ4n) is 3.74. The van der Waals surface area contributed by atoms with Crippen LogP contribution in [0.3, 0.4) is 0 Å². The predicted octanol–water partition coefficient (Wildman–Crippen LogP) is 4.31. The summed E-state index contributed by atoms with van der Waals surface area (Å²) in [5.74, 6) is 2.13. The molecule has 1 aliphatic heterocycles. The number of benzene rings is 2. The average Bonchev–Trinajstić information content (AvgIpc) is 2.85. The number of halogens is 1. The van der Waals surface area contributed by atoms with Gasteiger partial charge >= 0.3 is 0 Å². The average molecular weight is 467 g/mol. The number of hydrogen-bond acceptors (Lipinski definition) is 6. The van der Waals surface area contributed by atoms with Gasteiger partial charge in [-0.2, -0.15) is 0 Å². The largest absolute Gasteiger partial charge is 0.494 e. The van der Waals surface area contributed by atoms with Crippen LogP contribution in [0, 0.1) is 0 Å². The third kappa shape index (κ3) is 5.73. The monoisotopic (exact) mass is 466 g/mol. The zero-order chi connectivity index (χ0) is 23.2. The number of anilines is 1. The highest BCUT2D eigenvalue weighted by Crippen LogP contribution is 2.23. The van der Waals surface area contributed by atoms with E-state index in [0.29, 0.717) is 43.6 Å². The summed E-state index contributed by atoms with van der Waals surface area (Å²) in [5, 5.41) is 9.44. The van der Waals surface area contributed by atoms with Crippen molar-refractivity contribution < 1.29 is 14.3 Å². The van der Waals surface area contributed by atoms with E-state index in [9.17, 15) is 4.79 Å². The normalized spacial score (nSPS) is 14.6. The lowest BCUT2D eigenvalue weighted by Gasteiger charge is -2.36. The third-order valence-corrected chi connectivity index (χ3v) is 5.73. The SMILES string of the molecule is CCOc1cccc(OC(C)C(=O)N2CCN(c3ccc(-c4ccc(Cl)cc4)nn3)CC2)c1. The Hall–Kier alpha value is -3.32. The second kappa shape index (κ2) is 10.5. The number of carbonyl (C=O) groups excluding carboxylic acids is 1. The van der Waals surface area contributed by atoms with Gasteiger partial charge in [0.15, 0.2) is 11.9 Å². The van der Waals surface area contributed by atoms with Crippen molar-refractivity contribution in [3.8, 4) is 22.8 Å². The molecule has 1 aliphatic rings. The van der Waals surface area contributed by atoms with Crippen LogP contribution >= 0.6 is 11.6 Å². The van der Waals surface area contributed by atoms with E-state index >= 15 is 0 Å². The number of piperazine rings is 1. The second-order valence-corrected chi connectivity index (χ2v) is 8.20. The molecular formula is C25H27ClN4O3. The number of rotatable bonds is 7. The molecule has 4 rings (SSSR count). The lowest BCUT2D eigenvalue weighted by molar-refractivity contribution is -0.138. The quantitative estimate of drug-likeness (QED) is 0.516. The summed E-state index contributed by atoms with van der Waals surface area (Å²) in [6, 6.07) is 18.8. The lowest BCUT2D eigenvalue weighted by Crippen LogP contribution is -2.52. The molecule has 0 radical (unpaired) electrons. The standard InChI is InChI=1S/C25H27ClN4O3/c1-3-32-21-5-4-6-22(17-21)33-18(2)25(31)30-15-13-29(14-16-30)24-12-11-23(27-28-24)19-7-9-20(26)10-8-19/h4-12,17-18H,3,13-16H2,1-2H3. The lowest BCUT2D eigenvalue weighted by atomic mass is 10.1. The molecule has 0 aliphatic carbocycles. The van der Waals surface area contributed by atoms with Crippen molar-refractivity contribution in [2.45, 2.75) is 20.0 Å². The van der Waals surface area contributed by atoms with Gasteiger partial charge in [-0.05, 0) is 50.2 Å². The maximum atomic E-state index is 12.9. The Bertz CT molecular complexity index is 1070. The van der Waals surface area contributed by atoms with Gasteiger partial charge < -0.3 is 19.3 Å². The Morgan fingerprint density at radius 2 is 1.73 bits per heavy atom. The molecule has 3 aromatic rings. The van der Waals surface area contributed by atoms with Crippen LogP contribution in [0.2, 0.25) is 5.02 Å². The molecule has 0 bridgehead atoms. The first-order valence-electron chi connectivity index (χ1n) is 11.1. The van der Waals surface area contributed by atoms with Gasteiger partial charge in [0, 0.05) is 42.8 Å². The predicted molar refractivity (Wildman–Crippen MR) is 129 cm³/mol. The van der Waals surface area contributed by atoms with Crippen LogP contribution in [-0.2, 0) is 4.79 Å². The molecule has 0 saturated carbocycles. The molecule has 0 spiro atoms. The summed E-state index contributed by atoms with van der Waals surface area (Å²) in [7, 11) is 0. The Morgan fingerprint density at radius 3 is 2.39 bits per heavy atom. The Kier molecular flexibility index (Phi) is 7.29. The molecule has 1 amide bonds. The van der Waals surface area contributed by atoms with Gasteiger partial charge in [0.05, 0.1) is 12.3 Å². The molecule has 1 atom stereocenters. The zero-order valence-corrected chi connectivity index (χ0v) is 19.5. The van der Waals surface area contributed by atoms with E-state index in [2.05, 4.69) is 15.1 Å². The summed E-state index contributed by atoms with van der Waals surface area (Å²) < 4.78 is 11.4. The first kappa shape index (κ1) is 22.9. The van der Waals surface area contributed by atoms with Crippen LogP contribution in [0.15, 0.2) is 60.7 Å². The van der Waals surface area contributed by atoms with Crippen molar-refractivity contribution >= 4 is 23.3 Å². The third-order valence-electron chi connectivity index (χ3n) is 5.48. The summed E-state index contributed by atoms with van der Waals surface area (Å²) in [6.07, 6.45) is -0.577. The van der Waals surface area contributed by atoms with Gasteiger partial charge in [-0.25, -0.2) is 0 Å². The molecule has 1 fully saturated rings. The number of carbonyl (C=O) groups is 1. The van der Waals surface area contributed by atoms with Crippen LogP contribution in [-0.4, -0.2) is 59.9 Å². The summed E-state index contributed by atoms with van der Waals surface area (Å²) in [4.78, 5) is 16.9. The minimum atomic E-state index is -0.577. The molecule has 33 heavy (non-hydrogen) atoms. The highest BCUT2D eigenvalue weighted by molar-refractivity contribution is 6.30. The van der Waals surface area contributed by atoms with E-state index in [1.165, 1.54) is 0 Å². The zero-order valence-electron chi connectivity index (χ0n) is 18.8. The number of ether oxygens (including phenoxy) is 2. The van der Waals surface area contributed by atoms with E-state index in [0.717, 1.165) is 22.8 Å². The summed E-state index contributed by atoms with van der Waals surface area (Å²) in [5.41, 5.74) is 1.76. The van der Waals surface area contributed by atoms with Crippen LogP contribution in [0.5, 0.6) is 11.5 Å². The molecule has 2 aromatic carbocycles. The van der Waals surface area contributed by atoms with E-state index in [-0.39, 0.29) is 5.91 Å². The minimum Gasteiger partial charge on any atom is -0.494 e. The van der Waals surface area contributed by atoms with E-state index in [1.807, 2.05) is 66.4 Å².